The van der Waals surface area contributed by atoms with E-state index in [0.717, 1.165) is 13.2 Å². The molecule has 0 saturated carbocycles. The maximum absolute atomic E-state index is 5.55. The fourth-order valence-electron chi connectivity index (χ4n) is 2.55. The van der Waals surface area contributed by atoms with Gasteiger partial charge in [0.15, 0.2) is 0 Å². The maximum atomic E-state index is 5.55. The molecule has 9 nitrogen and oxygen atoms in total. The summed E-state index contributed by atoms with van der Waals surface area (Å²) in [7, 11) is 4.05. The Bertz CT molecular complexity index is 521. The van der Waals surface area contributed by atoms with Gasteiger partial charge in [-0.25, -0.2) is 0 Å². The smallest absolute Gasteiger partial charge is 0.0718 e. The molecule has 198 valence electrons. The van der Waals surface area contributed by atoms with Crippen molar-refractivity contribution in [1.82, 2.24) is 4.90 Å². The third-order valence-corrected chi connectivity index (χ3v) is 4.40. The highest BCUT2D eigenvalue weighted by molar-refractivity contribution is 5.13. The highest BCUT2D eigenvalue weighted by atomic mass is 16.6. The van der Waals surface area contributed by atoms with Gasteiger partial charge in [-0.3, -0.25) is 0 Å². The van der Waals surface area contributed by atoms with E-state index in [2.05, 4.69) is 4.90 Å². The third-order valence-electron chi connectivity index (χ3n) is 4.40. The van der Waals surface area contributed by atoms with Crippen molar-refractivity contribution in [3.05, 3.63) is 35.9 Å². The van der Waals surface area contributed by atoms with Crippen LogP contribution in [0.2, 0.25) is 0 Å². The standard InChI is InChI=1S/C25H45NO8/c1-26(2)8-9-27-10-11-28-12-13-29-14-15-30-16-17-31-18-19-32-20-21-33-22-23-34-24-25-6-4-3-5-7-25/h3-7H,8-24H2,1-2H3. The average Bonchev–Trinajstić information content (AvgIpc) is 2.84. The summed E-state index contributed by atoms with van der Waals surface area (Å²) in [6, 6.07) is 10.1. The van der Waals surface area contributed by atoms with E-state index < -0.39 is 0 Å². The molecule has 0 fully saturated rings. The lowest BCUT2D eigenvalue weighted by atomic mass is 10.2. The quantitative estimate of drug-likeness (QED) is 0.182. The van der Waals surface area contributed by atoms with E-state index >= 15 is 0 Å². The van der Waals surface area contributed by atoms with Crippen molar-refractivity contribution in [2.75, 3.05) is 120 Å². The molecule has 9 heteroatoms. The van der Waals surface area contributed by atoms with Crippen LogP contribution in [0.4, 0.5) is 0 Å². The van der Waals surface area contributed by atoms with E-state index in [1.807, 2.05) is 44.4 Å². The number of hydrogen-bond acceptors (Lipinski definition) is 9. The van der Waals surface area contributed by atoms with Crippen LogP contribution in [-0.4, -0.2) is 125 Å². The molecule has 0 bridgehead atoms. The molecule has 0 N–H and O–H groups in total. The molecule has 1 aromatic rings. The van der Waals surface area contributed by atoms with Crippen molar-refractivity contribution in [2.24, 2.45) is 0 Å². The highest BCUT2D eigenvalue weighted by Crippen LogP contribution is 1.99. The number of nitrogens with zero attached hydrogens (tertiary/aromatic N) is 1. The van der Waals surface area contributed by atoms with E-state index in [-0.39, 0.29) is 0 Å². The van der Waals surface area contributed by atoms with Gasteiger partial charge in [0, 0.05) is 6.54 Å². The van der Waals surface area contributed by atoms with Crippen LogP contribution in [0.3, 0.4) is 0 Å². The molecule has 1 rings (SSSR count). The lowest BCUT2D eigenvalue weighted by Gasteiger charge is -2.10. The van der Waals surface area contributed by atoms with E-state index in [9.17, 15) is 0 Å². The van der Waals surface area contributed by atoms with Gasteiger partial charge >= 0.3 is 0 Å². The van der Waals surface area contributed by atoms with Gasteiger partial charge < -0.3 is 42.8 Å². The fraction of sp³-hybridized carbons (Fsp3) is 0.760. The molecule has 0 aliphatic carbocycles. The van der Waals surface area contributed by atoms with Crippen molar-refractivity contribution < 1.29 is 37.9 Å². The van der Waals surface area contributed by atoms with Gasteiger partial charge in [-0.15, -0.1) is 0 Å². The number of likely N-dealkylation sites (N-methyl/N-ethyl adjacent to an activating group) is 1. The van der Waals surface area contributed by atoms with Crippen LogP contribution >= 0.6 is 0 Å². The highest BCUT2D eigenvalue weighted by Gasteiger charge is 1.96. The van der Waals surface area contributed by atoms with Gasteiger partial charge in [0.05, 0.1) is 106 Å². The molecule has 0 aliphatic rings. The van der Waals surface area contributed by atoms with Gasteiger partial charge in [0.1, 0.15) is 0 Å². The predicted molar refractivity (Wildman–Crippen MR) is 130 cm³/mol. The molecule has 0 amide bonds. The van der Waals surface area contributed by atoms with Crippen LogP contribution in [-0.2, 0) is 44.5 Å². The minimum absolute atomic E-state index is 0.537. The number of hydrogen-bond donors (Lipinski definition) is 0. The molecule has 0 unspecified atom stereocenters. The second-order valence-electron chi connectivity index (χ2n) is 7.63. The number of rotatable bonds is 26. The topological polar surface area (TPSA) is 77.1 Å². The molecule has 34 heavy (non-hydrogen) atoms. The molecule has 0 atom stereocenters. The Kier molecular flexibility index (Phi) is 22.7. The maximum Gasteiger partial charge on any atom is 0.0718 e. The number of benzene rings is 1. The van der Waals surface area contributed by atoms with Crippen LogP contribution in [0, 0.1) is 0 Å². The molecule has 1 aromatic carbocycles. The largest absolute Gasteiger partial charge is 0.378 e. The first kappa shape index (κ1) is 30.9. The van der Waals surface area contributed by atoms with Gasteiger partial charge in [0.2, 0.25) is 0 Å². The summed E-state index contributed by atoms with van der Waals surface area (Å²) < 4.78 is 43.7. The van der Waals surface area contributed by atoms with Crippen molar-refractivity contribution >= 4 is 0 Å². The van der Waals surface area contributed by atoms with E-state index in [4.69, 9.17) is 37.9 Å². The van der Waals surface area contributed by atoms with Crippen molar-refractivity contribution in [3.63, 3.8) is 0 Å². The Morgan fingerprint density at radius 2 is 0.765 bits per heavy atom. The van der Waals surface area contributed by atoms with Gasteiger partial charge in [-0.05, 0) is 19.7 Å². The normalized spacial score (nSPS) is 11.5. The zero-order chi connectivity index (χ0) is 24.4. The Morgan fingerprint density at radius 3 is 1.12 bits per heavy atom. The summed E-state index contributed by atoms with van der Waals surface area (Å²) in [4.78, 5) is 2.09. The zero-order valence-corrected chi connectivity index (χ0v) is 21.1. The summed E-state index contributed by atoms with van der Waals surface area (Å²) in [5, 5.41) is 0. The zero-order valence-electron chi connectivity index (χ0n) is 21.1. The first-order valence-corrected chi connectivity index (χ1v) is 12.1. The summed E-state index contributed by atoms with van der Waals surface area (Å²) in [6.07, 6.45) is 0. The predicted octanol–water partition coefficient (Wildman–Crippen LogP) is 1.88. The molecular formula is C25H45NO8. The fourth-order valence-corrected chi connectivity index (χ4v) is 2.55. The monoisotopic (exact) mass is 487 g/mol. The second-order valence-corrected chi connectivity index (χ2v) is 7.63. The SMILES string of the molecule is CN(C)CCOCCOCCOCCOCCOCCOCCOCCOCc1ccccc1. The lowest BCUT2D eigenvalue weighted by Crippen LogP contribution is -2.19. The summed E-state index contributed by atoms with van der Waals surface area (Å²) in [5.74, 6) is 0. The Labute approximate surface area is 205 Å². The van der Waals surface area contributed by atoms with Crippen molar-refractivity contribution in [3.8, 4) is 0 Å². The minimum Gasteiger partial charge on any atom is -0.378 e. The molecule has 0 heterocycles. The molecule has 0 radical (unpaired) electrons. The van der Waals surface area contributed by atoms with Crippen molar-refractivity contribution in [1.29, 1.82) is 0 Å². The van der Waals surface area contributed by atoms with Crippen LogP contribution in [0.25, 0.3) is 0 Å². The number of ether oxygens (including phenoxy) is 8. The molecular weight excluding hydrogens is 442 g/mol. The Morgan fingerprint density at radius 1 is 0.441 bits per heavy atom. The average molecular weight is 488 g/mol. The lowest BCUT2D eigenvalue weighted by molar-refractivity contribution is -0.0237. The van der Waals surface area contributed by atoms with E-state index in [0.29, 0.717) is 99.1 Å². The Balaban J connectivity index is 1.64. The van der Waals surface area contributed by atoms with E-state index in [1.54, 1.807) is 0 Å². The first-order chi connectivity index (χ1) is 16.8. The summed E-state index contributed by atoms with van der Waals surface area (Å²) in [5.41, 5.74) is 1.17. The van der Waals surface area contributed by atoms with Gasteiger partial charge in [0.25, 0.3) is 0 Å². The van der Waals surface area contributed by atoms with Crippen LogP contribution in [0.15, 0.2) is 30.3 Å². The second kappa shape index (κ2) is 25.0. The van der Waals surface area contributed by atoms with Gasteiger partial charge in [-0.1, -0.05) is 30.3 Å². The Hall–Kier alpha value is -1.14. The van der Waals surface area contributed by atoms with Crippen LogP contribution in [0.1, 0.15) is 5.56 Å². The van der Waals surface area contributed by atoms with Crippen LogP contribution < -0.4 is 0 Å². The molecule has 0 spiro atoms. The molecule has 0 saturated heterocycles. The van der Waals surface area contributed by atoms with E-state index in [1.165, 1.54) is 5.56 Å². The third kappa shape index (κ3) is 22.6. The first-order valence-electron chi connectivity index (χ1n) is 12.1. The summed E-state index contributed by atoms with van der Waals surface area (Å²) >= 11 is 0. The van der Waals surface area contributed by atoms with Gasteiger partial charge in [-0.2, -0.15) is 0 Å². The van der Waals surface area contributed by atoms with Crippen molar-refractivity contribution in [2.45, 2.75) is 6.61 Å². The summed E-state index contributed by atoms with van der Waals surface area (Å²) in [6.45, 7) is 10.0. The molecule has 0 aromatic heterocycles. The van der Waals surface area contributed by atoms with Crippen LogP contribution in [0.5, 0.6) is 0 Å². The molecule has 0 aliphatic heterocycles. The minimum atomic E-state index is 0.537.